The molecule has 2 atom stereocenters. The smallest absolute Gasteiger partial charge is 0.0476 e. The molecule has 1 saturated carbocycles. The van der Waals surface area contributed by atoms with Gasteiger partial charge in [0.05, 0.1) is 0 Å². The van der Waals surface area contributed by atoms with E-state index in [1.54, 1.807) is 0 Å². The molecule has 0 amide bonds. The number of aliphatic hydroxyl groups excluding tert-OH is 1. The van der Waals surface area contributed by atoms with Crippen LogP contribution < -0.4 is 5.32 Å². The molecule has 0 aromatic carbocycles. The number of hydrogen-bond acceptors (Lipinski definition) is 2. The summed E-state index contributed by atoms with van der Waals surface area (Å²) in [5, 5.41) is 13.2. The van der Waals surface area contributed by atoms with Crippen molar-refractivity contribution in [2.75, 3.05) is 13.2 Å². The van der Waals surface area contributed by atoms with Crippen molar-refractivity contribution in [3.8, 4) is 0 Å². The average molecular weight is 211 g/mol. The van der Waals surface area contributed by atoms with Crippen LogP contribution in [0.2, 0.25) is 0 Å². The molecule has 0 aromatic heterocycles. The largest absolute Gasteiger partial charge is 0.396 e. The van der Waals surface area contributed by atoms with Crippen molar-refractivity contribution < 1.29 is 5.11 Å². The highest BCUT2D eigenvalue weighted by atomic mass is 16.3. The van der Waals surface area contributed by atoms with Crippen molar-refractivity contribution in [3.05, 3.63) is 0 Å². The lowest BCUT2D eigenvalue weighted by molar-refractivity contribution is 0.135. The number of aliphatic hydroxyl groups is 1. The predicted octanol–water partition coefficient (Wildman–Crippen LogP) is 2.32. The van der Waals surface area contributed by atoms with Gasteiger partial charge in [-0.05, 0) is 25.3 Å². The summed E-state index contributed by atoms with van der Waals surface area (Å²) >= 11 is 0. The third-order valence-corrected chi connectivity index (χ3v) is 4.33. The minimum Gasteiger partial charge on any atom is -0.396 e. The van der Waals surface area contributed by atoms with E-state index in [1.807, 2.05) is 0 Å². The first-order valence-corrected chi connectivity index (χ1v) is 6.76. The minimum atomic E-state index is 0.391. The van der Waals surface area contributed by atoms with Gasteiger partial charge in [0.1, 0.15) is 0 Å². The van der Waals surface area contributed by atoms with Crippen LogP contribution in [-0.4, -0.2) is 24.3 Å². The zero-order chi connectivity index (χ0) is 10.5. The van der Waals surface area contributed by atoms with Gasteiger partial charge in [0, 0.05) is 18.6 Å². The van der Waals surface area contributed by atoms with Crippen molar-refractivity contribution in [2.45, 2.75) is 57.4 Å². The molecule has 2 aliphatic rings. The molecule has 1 heterocycles. The summed E-state index contributed by atoms with van der Waals surface area (Å²) in [6.45, 7) is 1.55. The van der Waals surface area contributed by atoms with E-state index in [-0.39, 0.29) is 0 Å². The summed E-state index contributed by atoms with van der Waals surface area (Å²) in [6, 6.07) is 0.598. The predicted molar refractivity (Wildman–Crippen MR) is 62.8 cm³/mol. The molecule has 0 radical (unpaired) electrons. The van der Waals surface area contributed by atoms with Gasteiger partial charge in [-0.25, -0.2) is 0 Å². The fourth-order valence-electron chi connectivity index (χ4n) is 3.41. The fourth-order valence-corrected chi connectivity index (χ4v) is 3.41. The van der Waals surface area contributed by atoms with Crippen LogP contribution in [0.5, 0.6) is 0 Å². The zero-order valence-electron chi connectivity index (χ0n) is 9.75. The molecule has 15 heavy (non-hydrogen) atoms. The average Bonchev–Trinajstić information content (AvgIpc) is 2.63. The molecule has 0 bridgehead atoms. The molecule has 2 rings (SSSR count). The number of rotatable bonds is 3. The van der Waals surface area contributed by atoms with Crippen LogP contribution in [0, 0.1) is 11.8 Å². The first-order valence-electron chi connectivity index (χ1n) is 6.76. The first kappa shape index (κ1) is 11.4. The van der Waals surface area contributed by atoms with E-state index < -0.39 is 0 Å². The first-order chi connectivity index (χ1) is 7.42. The lowest BCUT2D eigenvalue weighted by Crippen LogP contribution is -2.40. The molecule has 0 aromatic rings. The molecule has 1 aliphatic heterocycles. The Balaban J connectivity index is 1.91. The van der Waals surface area contributed by atoms with Gasteiger partial charge in [0.25, 0.3) is 0 Å². The van der Waals surface area contributed by atoms with Crippen LogP contribution in [0.3, 0.4) is 0 Å². The summed E-state index contributed by atoms with van der Waals surface area (Å²) in [5.41, 5.74) is 0. The SMILES string of the molecule is OCC(C1CCCC1)C1CCCCCN1. The maximum absolute atomic E-state index is 9.59. The molecule has 2 heteroatoms. The van der Waals surface area contributed by atoms with Crippen LogP contribution in [0.1, 0.15) is 51.4 Å². The van der Waals surface area contributed by atoms with E-state index in [0.717, 1.165) is 12.5 Å². The maximum Gasteiger partial charge on any atom is 0.0476 e. The maximum atomic E-state index is 9.59. The minimum absolute atomic E-state index is 0.391. The Morgan fingerprint density at radius 1 is 1.00 bits per heavy atom. The highest BCUT2D eigenvalue weighted by Gasteiger charge is 2.30. The fraction of sp³-hybridized carbons (Fsp3) is 1.00. The number of nitrogens with one attached hydrogen (secondary N) is 1. The molecule has 2 unspecified atom stereocenters. The Morgan fingerprint density at radius 2 is 1.73 bits per heavy atom. The van der Waals surface area contributed by atoms with E-state index in [2.05, 4.69) is 5.32 Å². The third kappa shape index (κ3) is 2.94. The molecule has 1 saturated heterocycles. The van der Waals surface area contributed by atoms with E-state index in [1.165, 1.54) is 51.4 Å². The zero-order valence-corrected chi connectivity index (χ0v) is 9.75. The van der Waals surface area contributed by atoms with Gasteiger partial charge >= 0.3 is 0 Å². The summed E-state index contributed by atoms with van der Waals surface area (Å²) in [6.07, 6.45) is 10.8. The molecular formula is C13H25NO. The Bertz CT molecular complexity index is 169. The molecule has 88 valence electrons. The quantitative estimate of drug-likeness (QED) is 0.751. The summed E-state index contributed by atoms with van der Waals surface area (Å²) in [7, 11) is 0. The van der Waals surface area contributed by atoms with E-state index in [9.17, 15) is 5.11 Å². The second kappa shape index (κ2) is 5.86. The van der Waals surface area contributed by atoms with Gasteiger partial charge in [-0.2, -0.15) is 0 Å². The van der Waals surface area contributed by atoms with Gasteiger partial charge in [0.2, 0.25) is 0 Å². The molecule has 2 nitrogen and oxygen atoms in total. The van der Waals surface area contributed by atoms with Gasteiger partial charge in [-0.15, -0.1) is 0 Å². The third-order valence-electron chi connectivity index (χ3n) is 4.33. The van der Waals surface area contributed by atoms with Gasteiger partial charge < -0.3 is 10.4 Å². The molecule has 0 spiro atoms. The summed E-state index contributed by atoms with van der Waals surface area (Å²) in [4.78, 5) is 0. The Labute approximate surface area is 93.5 Å². The van der Waals surface area contributed by atoms with Crippen LogP contribution in [0.25, 0.3) is 0 Å². The van der Waals surface area contributed by atoms with E-state index in [0.29, 0.717) is 18.6 Å². The van der Waals surface area contributed by atoms with Gasteiger partial charge in [-0.3, -0.25) is 0 Å². The monoisotopic (exact) mass is 211 g/mol. The van der Waals surface area contributed by atoms with Crippen molar-refractivity contribution in [1.29, 1.82) is 0 Å². The topological polar surface area (TPSA) is 32.3 Å². The van der Waals surface area contributed by atoms with Crippen LogP contribution in [0.15, 0.2) is 0 Å². The second-order valence-corrected chi connectivity index (χ2v) is 5.30. The van der Waals surface area contributed by atoms with Crippen LogP contribution in [-0.2, 0) is 0 Å². The molecule has 2 N–H and O–H groups in total. The van der Waals surface area contributed by atoms with Crippen LogP contribution >= 0.6 is 0 Å². The lowest BCUT2D eigenvalue weighted by atomic mass is 9.83. The summed E-state index contributed by atoms with van der Waals surface area (Å²) in [5.74, 6) is 1.33. The highest BCUT2D eigenvalue weighted by molar-refractivity contribution is 4.85. The molecular weight excluding hydrogens is 186 g/mol. The van der Waals surface area contributed by atoms with Crippen LogP contribution in [0.4, 0.5) is 0 Å². The molecule has 1 aliphatic carbocycles. The van der Waals surface area contributed by atoms with Crippen molar-refractivity contribution >= 4 is 0 Å². The Kier molecular flexibility index (Phi) is 4.45. The second-order valence-electron chi connectivity index (χ2n) is 5.30. The highest BCUT2D eigenvalue weighted by Crippen LogP contribution is 2.34. The van der Waals surface area contributed by atoms with Gasteiger partial charge in [-0.1, -0.05) is 38.5 Å². The normalized spacial score (nSPS) is 31.4. The standard InChI is InChI=1S/C13H25NO/c15-10-12(11-6-3-4-7-11)13-8-2-1-5-9-14-13/h11-15H,1-10H2. The molecule has 2 fully saturated rings. The van der Waals surface area contributed by atoms with Gasteiger partial charge in [0.15, 0.2) is 0 Å². The van der Waals surface area contributed by atoms with E-state index >= 15 is 0 Å². The van der Waals surface area contributed by atoms with Crippen molar-refractivity contribution in [3.63, 3.8) is 0 Å². The lowest BCUT2D eigenvalue weighted by Gasteiger charge is -2.30. The van der Waals surface area contributed by atoms with E-state index in [4.69, 9.17) is 0 Å². The van der Waals surface area contributed by atoms with Crippen molar-refractivity contribution in [1.82, 2.24) is 5.32 Å². The number of hydrogen-bond donors (Lipinski definition) is 2. The van der Waals surface area contributed by atoms with Crippen molar-refractivity contribution in [2.24, 2.45) is 11.8 Å². The Morgan fingerprint density at radius 3 is 2.47 bits per heavy atom. The Hall–Kier alpha value is -0.0800. The summed E-state index contributed by atoms with van der Waals surface area (Å²) < 4.78 is 0.